The predicted molar refractivity (Wildman–Crippen MR) is 128 cm³/mol. The second-order valence-electron chi connectivity index (χ2n) is 7.28. The number of benzene rings is 2. The van der Waals surface area contributed by atoms with Crippen molar-refractivity contribution in [3.8, 4) is 5.69 Å². The van der Waals surface area contributed by atoms with E-state index >= 15 is 0 Å². The topological polar surface area (TPSA) is 76.9 Å². The molecule has 174 valence electrons. The van der Waals surface area contributed by atoms with Crippen LogP contribution in [-0.4, -0.2) is 31.9 Å². The van der Waals surface area contributed by atoms with Crippen LogP contribution in [0.25, 0.3) is 15.9 Å². The fourth-order valence-electron chi connectivity index (χ4n) is 3.45. The highest BCUT2D eigenvalue weighted by Crippen LogP contribution is 2.33. The Labute approximate surface area is 203 Å². The molecule has 1 N–H and O–H groups in total. The van der Waals surface area contributed by atoms with Crippen molar-refractivity contribution in [2.45, 2.75) is 22.6 Å². The molecule has 1 aliphatic heterocycles. The number of thioether (sulfide) groups is 2. The smallest absolute Gasteiger partial charge is 0.301 e. The first-order valence-electron chi connectivity index (χ1n) is 10.0. The molecule has 4 aromatic rings. The van der Waals surface area contributed by atoms with Gasteiger partial charge in [-0.1, -0.05) is 41.3 Å². The molecule has 1 aliphatic rings. The molecule has 5 rings (SSSR count). The first kappa shape index (κ1) is 22.9. The highest BCUT2D eigenvalue weighted by Gasteiger charge is 2.31. The van der Waals surface area contributed by atoms with Gasteiger partial charge in [-0.05, 0) is 30.3 Å². The Hall–Kier alpha value is -2.83. The number of nitrogens with one attached hydrogen (secondary N) is 1. The molecule has 0 bridgehead atoms. The molecule has 0 aliphatic carbocycles. The lowest BCUT2D eigenvalue weighted by atomic mass is 10.2. The molecule has 2 aromatic carbocycles. The Morgan fingerprint density at radius 1 is 1.15 bits per heavy atom. The van der Waals surface area contributed by atoms with Crippen molar-refractivity contribution in [1.82, 2.24) is 14.5 Å². The third-order valence-corrected chi connectivity index (χ3v) is 7.97. The van der Waals surface area contributed by atoms with E-state index < -0.39 is 17.3 Å². The van der Waals surface area contributed by atoms with Gasteiger partial charge in [0.15, 0.2) is 10.3 Å². The second kappa shape index (κ2) is 9.08. The van der Waals surface area contributed by atoms with Crippen LogP contribution < -0.4 is 10.9 Å². The summed E-state index contributed by atoms with van der Waals surface area (Å²) >= 11 is 3.67. The number of aryl methyl sites for hydroxylation is 1. The lowest BCUT2D eigenvalue weighted by Crippen LogP contribution is -2.25. The SMILES string of the molecule is O=C(CSc1nc2c(c(=O)n1-c1cccc(C(F)(F)F)c1)SCC2)Nc1nc2ccccc2s1. The Morgan fingerprint density at radius 2 is 1.97 bits per heavy atom. The van der Waals surface area contributed by atoms with Crippen molar-refractivity contribution in [3.63, 3.8) is 0 Å². The molecule has 34 heavy (non-hydrogen) atoms. The largest absolute Gasteiger partial charge is 0.416 e. The van der Waals surface area contributed by atoms with Gasteiger partial charge in [-0.3, -0.25) is 14.2 Å². The third-order valence-electron chi connectivity index (χ3n) is 4.97. The Kier molecular flexibility index (Phi) is 6.13. The van der Waals surface area contributed by atoms with Crippen molar-refractivity contribution >= 4 is 56.1 Å². The summed E-state index contributed by atoms with van der Waals surface area (Å²) in [6.07, 6.45) is -3.97. The third kappa shape index (κ3) is 4.57. The summed E-state index contributed by atoms with van der Waals surface area (Å²) in [6.45, 7) is 0. The van der Waals surface area contributed by atoms with E-state index in [1.165, 1.54) is 35.2 Å². The van der Waals surface area contributed by atoms with Crippen molar-refractivity contribution in [3.05, 3.63) is 70.1 Å². The van der Waals surface area contributed by atoms with E-state index in [2.05, 4.69) is 15.3 Å². The highest BCUT2D eigenvalue weighted by atomic mass is 32.2. The summed E-state index contributed by atoms with van der Waals surface area (Å²) in [4.78, 5) is 35.1. The van der Waals surface area contributed by atoms with Crippen molar-refractivity contribution < 1.29 is 18.0 Å². The van der Waals surface area contributed by atoms with E-state index in [9.17, 15) is 22.8 Å². The molecule has 0 saturated carbocycles. The fourth-order valence-corrected chi connectivity index (χ4v) is 6.18. The number of para-hydroxylation sites is 1. The standard InChI is InChI=1S/C22H15F3N4O2S3/c23-22(24,25)12-4-3-5-13(10-12)29-19(31)18-15(8-9-32-18)27-21(29)33-11-17(30)28-20-26-14-6-1-2-7-16(14)34-20/h1-7,10H,8-9,11H2,(H,26,28,30). The molecule has 6 nitrogen and oxygen atoms in total. The lowest BCUT2D eigenvalue weighted by molar-refractivity contribution is -0.137. The molecule has 1 amide bonds. The number of alkyl halides is 3. The van der Waals surface area contributed by atoms with E-state index in [0.717, 1.165) is 38.7 Å². The molecule has 3 heterocycles. The maximum Gasteiger partial charge on any atom is 0.416 e. The average Bonchev–Trinajstić information content (AvgIpc) is 3.43. The van der Waals surface area contributed by atoms with Crippen LogP contribution >= 0.6 is 34.9 Å². The quantitative estimate of drug-likeness (QED) is 0.287. The number of rotatable bonds is 5. The van der Waals surface area contributed by atoms with Gasteiger partial charge in [0, 0.05) is 12.2 Å². The van der Waals surface area contributed by atoms with Gasteiger partial charge in [-0.15, -0.1) is 11.8 Å². The van der Waals surface area contributed by atoms with Gasteiger partial charge in [-0.2, -0.15) is 13.2 Å². The van der Waals surface area contributed by atoms with Crippen molar-refractivity contribution in [2.24, 2.45) is 0 Å². The number of anilines is 1. The zero-order valence-electron chi connectivity index (χ0n) is 17.3. The summed E-state index contributed by atoms with van der Waals surface area (Å²) in [6, 6.07) is 12.0. The summed E-state index contributed by atoms with van der Waals surface area (Å²) in [5.74, 6) is 0.225. The Morgan fingerprint density at radius 3 is 2.76 bits per heavy atom. The van der Waals surface area contributed by atoms with Crippen molar-refractivity contribution in [2.75, 3.05) is 16.8 Å². The molecule has 0 unspecified atom stereocenters. The Bertz CT molecular complexity index is 1430. The van der Waals surface area contributed by atoms with E-state index in [4.69, 9.17) is 0 Å². The number of halogens is 3. The van der Waals surface area contributed by atoms with Crippen LogP contribution in [0, 0.1) is 0 Å². The van der Waals surface area contributed by atoms with Gasteiger partial charge in [0.25, 0.3) is 5.56 Å². The number of carbonyl (C=O) groups is 1. The van der Waals surface area contributed by atoms with Crippen LogP contribution in [0.3, 0.4) is 0 Å². The van der Waals surface area contributed by atoms with Crippen molar-refractivity contribution in [1.29, 1.82) is 0 Å². The monoisotopic (exact) mass is 520 g/mol. The number of nitrogens with zero attached hydrogens (tertiary/aromatic N) is 3. The molecule has 0 atom stereocenters. The number of fused-ring (bicyclic) bond motifs is 2. The molecule has 0 saturated heterocycles. The summed E-state index contributed by atoms with van der Waals surface area (Å²) in [7, 11) is 0. The number of carbonyl (C=O) groups excluding carboxylic acids is 1. The summed E-state index contributed by atoms with van der Waals surface area (Å²) in [5.41, 5.74) is 0.131. The van der Waals surface area contributed by atoms with Gasteiger partial charge in [-0.25, -0.2) is 9.97 Å². The normalized spacial score (nSPS) is 13.3. The van der Waals surface area contributed by atoms with Gasteiger partial charge >= 0.3 is 6.18 Å². The summed E-state index contributed by atoms with van der Waals surface area (Å²) < 4.78 is 41.9. The molecular weight excluding hydrogens is 505 g/mol. The fraction of sp³-hybridized carbons (Fsp3) is 0.182. The second-order valence-corrected chi connectivity index (χ2v) is 10.4. The first-order chi connectivity index (χ1) is 16.3. The van der Waals surface area contributed by atoms with Crippen LogP contribution in [0.5, 0.6) is 0 Å². The first-order valence-corrected chi connectivity index (χ1v) is 12.8. The zero-order chi connectivity index (χ0) is 23.9. The van der Waals surface area contributed by atoms with E-state index in [1.54, 1.807) is 0 Å². The average molecular weight is 521 g/mol. The number of hydrogen-bond donors (Lipinski definition) is 1. The highest BCUT2D eigenvalue weighted by molar-refractivity contribution is 8.00. The molecule has 12 heteroatoms. The molecule has 2 aromatic heterocycles. The Balaban J connectivity index is 1.44. The van der Waals surface area contributed by atoms with Crippen LogP contribution in [-0.2, 0) is 17.4 Å². The number of hydrogen-bond acceptors (Lipinski definition) is 7. The molecule has 0 spiro atoms. The van der Waals surface area contributed by atoms with Gasteiger partial charge < -0.3 is 5.32 Å². The van der Waals surface area contributed by atoms with Gasteiger partial charge in [0.2, 0.25) is 5.91 Å². The van der Waals surface area contributed by atoms with Crippen LogP contribution in [0.4, 0.5) is 18.3 Å². The molecule has 0 radical (unpaired) electrons. The number of aromatic nitrogens is 3. The van der Waals surface area contributed by atoms with E-state index in [0.29, 0.717) is 27.9 Å². The van der Waals surface area contributed by atoms with Crippen LogP contribution in [0.2, 0.25) is 0 Å². The number of amides is 1. The van der Waals surface area contributed by atoms with Gasteiger partial charge in [0.1, 0.15) is 0 Å². The maximum absolute atomic E-state index is 13.3. The maximum atomic E-state index is 13.3. The predicted octanol–water partition coefficient (Wildman–Crippen LogP) is 5.24. The van der Waals surface area contributed by atoms with E-state index in [1.807, 2.05) is 24.3 Å². The minimum atomic E-state index is -4.55. The van der Waals surface area contributed by atoms with Gasteiger partial charge in [0.05, 0.1) is 37.8 Å². The number of thiazole rings is 1. The van der Waals surface area contributed by atoms with Crippen LogP contribution in [0.1, 0.15) is 11.3 Å². The lowest BCUT2D eigenvalue weighted by Gasteiger charge is -2.15. The molecular formula is C22H15F3N4O2S3. The van der Waals surface area contributed by atoms with Crippen LogP contribution in [0.15, 0.2) is 63.4 Å². The molecule has 0 fully saturated rings. The minimum absolute atomic E-state index is 0.0525. The minimum Gasteiger partial charge on any atom is -0.301 e. The zero-order valence-corrected chi connectivity index (χ0v) is 19.7. The summed E-state index contributed by atoms with van der Waals surface area (Å²) in [5, 5.41) is 3.35. The van der Waals surface area contributed by atoms with E-state index in [-0.39, 0.29) is 22.5 Å².